The lowest BCUT2D eigenvalue weighted by Gasteiger charge is -2.13. The maximum absolute atomic E-state index is 4.18. The summed E-state index contributed by atoms with van der Waals surface area (Å²) in [5, 5.41) is 15.7. The topological polar surface area (TPSA) is 60.6 Å². The Hall–Kier alpha value is -1.69. The van der Waals surface area contributed by atoms with Gasteiger partial charge in [0, 0.05) is 25.5 Å². The average molecular weight is 234 g/mol. The van der Waals surface area contributed by atoms with Gasteiger partial charge in [-0.15, -0.1) is 10.2 Å². The number of hydrogen-bond donors (Lipinski definition) is 1. The fourth-order valence-electron chi connectivity index (χ4n) is 1.62. The van der Waals surface area contributed by atoms with Gasteiger partial charge in [-0.3, -0.25) is 4.68 Å². The monoisotopic (exact) mass is 234 g/mol. The molecular weight excluding hydrogens is 216 g/mol. The summed E-state index contributed by atoms with van der Waals surface area (Å²) >= 11 is 0. The molecule has 2 rings (SSSR count). The van der Waals surface area contributed by atoms with Crippen molar-refractivity contribution in [2.75, 3.05) is 0 Å². The van der Waals surface area contributed by atoms with Gasteiger partial charge in [0.25, 0.3) is 0 Å². The first-order chi connectivity index (χ1) is 8.16. The average Bonchev–Trinajstić information content (AvgIpc) is 2.90. The quantitative estimate of drug-likeness (QED) is 0.818. The number of aryl methyl sites for hydroxylation is 1. The molecule has 1 unspecified atom stereocenters. The van der Waals surface area contributed by atoms with E-state index in [1.807, 2.05) is 35.5 Å². The van der Waals surface area contributed by atoms with Crippen LogP contribution in [0.5, 0.6) is 0 Å². The van der Waals surface area contributed by atoms with E-state index < -0.39 is 0 Å². The van der Waals surface area contributed by atoms with E-state index in [2.05, 4.69) is 27.5 Å². The van der Waals surface area contributed by atoms with Crippen molar-refractivity contribution in [3.8, 4) is 0 Å². The van der Waals surface area contributed by atoms with Crippen LogP contribution in [-0.4, -0.2) is 30.6 Å². The second kappa shape index (κ2) is 5.09. The van der Waals surface area contributed by atoms with Crippen LogP contribution >= 0.6 is 0 Å². The summed E-state index contributed by atoms with van der Waals surface area (Å²) in [5.74, 6) is 1.89. The molecule has 6 heteroatoms. The Bertz CT molecular complexity index is 458. The standard InChI is InChI=1S/C11H18N6/c1-9(8-17-6-4-5-13-17)12-7-11-15-14-10(2)16(11)3/h4-6,9,12H,7-8H2,1-3H3. The first-order valence-corrected chi connectivity index (χ1v) is 5.72. The zero-order valence-electron chi connectivity index (χ0n) is 10.5. The molecule has 0 bridgehead atoms. The van der Waals surface area contributed by atoms with Crippen molar-refractivity contribution >= 4 is 0 Å². The third-order valence-electron chi connectivity index (χ3n) is 2.81. The van der Waals surface area contributed by atoms with Crippen molar-refractivity contribution < 1.29 is 0 Å². The van der Waals surface area contributed by atoms with Crippen LogP contribution < -0.4 is 5.32 Å². The number of rotatable bonds is 5. The fraction of sp³-hybridized carbons (Fsp3) is 0.545. The van der Waals surface area contributed by atoms with E-state index in [4.69, 9.17) is 0 Å². The molecule has 0 aliphatic heterocycles. The summed E-state index contributed by atoms with van der Waals surface area (Å²) in [6.45, 7) is 5.65. The molecule has 0 amide bonds. The summed E-state index contributed by atoms with van der Waals surface area (Å²) in [7, 11) is 1.98. The van der Waals surface area contributed by atoms with E-state index in [0.717, 1.165) is 24.7 Å². The Morgan fingerprint density at radius 2 is 2.24 bits per heavy atom. The zero-order valence-corrected chi connectivity index (χ0v) is 10.5. The van der Waals surface area contributed by atoms with Gasteiger partial charge >= 0.3 is 0 Å². The van der Waals surface area contributed by atoms with Crippen LogP contribution in [0.4, 0.5) is 0 Å². The van der Waals surface area contributed by atoms with E-state index in [1.54, 1.807) is 6.20 Å². The highest BCUT2D eigenvalue weighted by atomic mass is 15.3. The van der Waals surface area contributed by atoms with E-state index in [0.29, 0.717) is 6.04 Å². The molecule has 0 fully saturated rings. The minimum Gasteiger partial charge on any atom is -0.317 e. The minimum atomic E-state index is 0.340. The maximum Gasteiger partial charge on any atom is 0.146 e. The van der Waals surface area contributed by atoms with Crippen molar-refractivity contribution in [1.82, 2.24) is 29.9 Å². The molecule has 6 nitrogen and oxygen atoms in total. The molecule has 1 N–H and O–H groups in total. The predicted molar refractivity (Wildman–Crippen MR) is 64.3 cm³/mol. The fourth-order valence-corrected chi connectivity index (χ4v) is 1.62. The molecule has 0 saturated heterocycles. The molecule has 92 valence electrons. The lowest BCUT2D eigenvalue weighted by atomic mass is 10.3. The second-order valence-corrected chi connectivity index (χ2v) is 4.23. The van der Waals surface area contributed by atoms with E-state index in [9.17, 15) is 0 Å². The van der Waals surface area contributed by atoms with Gasteiger partial charge < -0.3 is 9.88 Å². The molecule has 0 aliphatic carbocycles. The SMILES string of the molecule is Cc1nnc(CNC(C)Cn2cccn2)n1C. The van der Waals surface area contributed by atoms with Gasteiger partial charge in [-0.05, 0) is 19.9 Å². The Morgan fingerprint density at radius 1 is 1.41 bits per heavy atom. The number of hydrogen-bond acceptors (Lipinski definition) is 4. The molecule has 2 aromatic rings. The molecule has 0 aliphatic rings. The van der Waals surface area contributed by atoms with Crippen molar-refractivity contribution in [1.29, 1.82) is 0 Å². The van der Waals surface area contributed by atoms with Crippen LogP contribution in [0.2, 0.25) is 0 Å². The van der Waals surface area contributed by atoms with E-state index in [-0.39, 0.29) is 0 Å². The van der Waals surface area contributed by atoms with Crippen molar-refractivity contribution in [3.05, 3.63) is 30.1 Å². The third-order valence-corrected chi connectivity index (χ3v) is 2.81. The van der Waals surface area contributed by atoms with Gasteiger partial charge in [-0.1, -0.05) is 0 Å². The molecule has 0 radical (unpaired) electrons. The normalized spacial score (nSPS) is 12.9. The Labute approximate surface area is 101 Å². The van der Waals surface area contributed by atoms with Crippen LogP contribution in [0.1, 0.15) is 18.6 Å². The van der Waals surface area contributed by atoms with Crippen LogP contribution in [0.25, 0.3) is 0 Å². The van der Waals surface area contributed by atoms with E-state index in [1.165, 1.54) is 0 Å². The molecule has 2 heterocycles. The highest BCUT2D eigenvalue weighted by Gasteiger charge is 2.07. The van der Waals surface area contributed by atoms with Gasteiger partial charge in [0.05, 0.1) is 13.1 Å². The molecule has 0 spiro atoms. The van der Waals surface area contributed by atoms with E-state index >= 15 is 0 Å². The van der Waals surface area contributed by atoms with Crippen LogP contribution in [0, 0.1) is 6.92 Å². The van der Waals surface area contributed by atoms with Crippen molar-refractivity contribution in [3.63, 3.8) is 0 Å². The molecule has 17 heavy (non-hydrogen) atoms. The summed E-state index contributed by atoms with van der Waals surface area (Å²) in [4.78, 5) is 0. The Balaban J connectivity index is 1.84. The van der Waals surface area contributed by atoms with Crippen LogP contribution in [-0.2, 0) is 20.1 Å². The third kappa shape index (κ3) is 2.91. The highest BCUT2D eigenvalue weighted by molar-refractivity contribution is 4.92. The van der Waals surface area contributed by atoms with Crippen molar-refractivity contribution in [2.45, 2.75) is 33.0 Å². The number of aromatic nitrogens is 5. The van der Waals surface area contributed by atoms with Crippen LogP contribution in [0.3, 0.4) is 0 Å². The molecule has 2 aromatic heterocycles. The van der Waals surface area contributed by atoms with Gasteiger partial charge in [0.15, 0.2) is 0 Å². The smallest absolute Gasteiger partial charge is 0.146 e. The van der Waals surface area contributed by atoms with Crippen molar-refractivity contribution in [2.24, 2.45) is 7.05 Å². The summed E-state index contributed by atoms with van der Waals surface area (Å²) in [6, 6.07) is 2.27. The summed E-state index contributed by atoms with van der Waals surface area (Å²) < 4.78 is 3.91. The first kappa shape index (κ1) is 11.8. The Kier molecular flexibility index (Phi) is 3.53. The largest absolute Gasteiger partial charge is 0.317 e. The highest BCUT2D eigenvalue weighted by Crippen LogP contribution is 1.98. The van der Waals surface area contributed by atoms with Gasteiger partial charge in [0.2, 0.25) is 0 Å². The lowest BCUT2D eigenvalue weighted by molar-refractivity contribution is 0.442. The molecule has 0 aromatic carbocycles. The second-order valence-electron chi connectivity index (χ2n) is 4.23. The first-order valence-electron chi connectivity index (χ1n) is 5.72. The van der Waals surface area contributed by atoms with Gasteiger partial charge in [-0.2, -0.15) is 5.10 Å². The minimum absolute atomic E-state index is 0.340. The molecule has 1 atom stereocenters. The number of nitrogens with zero attached hydrogens (tertiary/aromatic N) is 5. The van der Waals surface area contributed by atoms with Gasteiger partial charge in [-0.25, -0.2) is 0 Å². The summed E-state index contributed by atoms with van der Waals surface area (Å²) in [5.41, 5.74) is 0. The molecule has 0 saturated carbocycles. The Morgan fingerprint density at radius 3 is 2.82 bits per heavy atom. The predicted octanol–water partition coefficient (Wildman–Crippen LogP) is 0.498. The summed E-state index contributed by atoms with van der Waals surface area (Å²) in [6.07, 6.45) is 3.75. The maximum atomic E-state index is 4.18. The van der Waals surface area contributed by atoms with Gasteiger partial charge in [0.1, 0.15) is 11.6 Å². The lowest BCUT2D eigenvalue weighted by Crippen LogP contribution is -2.31. The molecular formula is C11H18N6. The van der Waals surface area contributed by atoms with Crippen LogP contribution in [0.15, 0.2) is 18.5 Å². The zero-order chi connectivity index (χ0) is 12.3. The number of nitrogens with one attached hydrogen (secondary N) is 1.